The van der Waals surface area contributed by atoms with Gasteiger partial charge in [0.25, 0.3) is 5.56 Å². The first kappa shape index (κ1) is 13.2. The lowest BCUT2D eigenvalue weighted by Gasteiger charge is -2.17. The molecular formula is C15H16N2O2. The Balaban J connectivity index is 2.84. The molecule has 0 aliphatic heterocycles. The number of aromatic nitrogens is 1. The summed E-state index contributed by atoms with van der Waals surface area (Å²) in [6.45, 7) is 3.50. The summed E-state index contributed by atoms with van der Waals surface area (Å²) in [5.74, 6) is 0.704. The first-order valence-electron chi connectivity index (χ1n) is 6.00. The van der Waals surface area contributed by atoms with Gasteiger partial charge in [-0.3, -0.25) is 4.79 Å². The summed E-state index contributed by atoms with van der Waals surface area (Å²) in [6, 6.07) is 9.52. The van der Waals surface area contributed by atoms with Crippen LogP contribution < -0.4 is 10.3 Å². The maximum absolute atomic E-state index is 12.4. The van der Waals surface area contributed by atoms with E-state index in [-0.39, 0.29) is 5.56 Å². The van der Waals surface area contributed by atoms with Crippen LogP contribution in [0, 0.1) is 11.3 Å². The number of benzene rings is 1. The van der Waals surface area contributed by atoms with Crippen LogP contribution in [0.5, 0.6) is 5.75 Å². The van der Waals surface area contributed by atoms with Crippen molar-refractivity contribution in [2.75, 3.05) is 7.11 Å². The Bertz CT molecular complexity index is 736. The van der Waals surface area contributed by atoms with Crippen molar-refractivity contribution < 1.29 is 4.74 Å². The lowest BCUT2D eigenvalue weighted by Crippen LogP contribution is -2.30. The standard InChI is InChI=1S/C15H16N2O2/c1-15(2,9-16)12-7-10-5-6-11(19-4)8-13(10)17(3)14(12)18/h5-8H,1-4H3. The van der Waals surface area contributed by atoms with Gasteiger partial charge in [0.2, 0.25) is 0 Å². The topological polar surface area (TPSA) is 55.0 Å². The molecule has 0 saturated carbocycles. The van der Waals surface area contributed by atoms with Gasteiger partial charge in [0.05, 0.1) is 24.1 Å². The molecule has 4 nitrogen and oxygen atoms in total. The molecule has 0 N–H and O–H groups in total. The molecule has 0 amide bonds. The van der Waals surface area contributed by atoms with Gasteiger partial charge in [-0.05, 0) is 37.4 Å². The van der Waals surface area contributed by atoms with Gasteiger partial charge in [-0.1, -0.05) is 0 Å². The van der Waals surface area contributed by atoms with Crippen LogP contribution in [-0.4, -0.2) is 11.7 Å². The zero-order valence-corrected chi connectivity index (χ0v) is 11.5. The van der Waals surface area contributed by atoms with Crippen molar-refractivity contribution in [2.24, 2.45) is 7.05 Å². The van der Waals surface area contributed by atoms with Gasteiger partial charge in [0, 0.05) is 18.7 Å². The molecule has 2 rings (SSSR count). The van der Waals surface area contributed by atoms with E-state index >= 15 is 0 Å². The summed E-state index contributed by atoms with van der Waals surface area (Å²) in [6.07, 6.45) is 0. The number of methoxy groups -OCH3 is 1. The van der Waals surface area contributed by atoms with Gasteiger partial charge in [-0.15, -0.1) is 0 Å². The van der Waals surface area contributed by atoms with Crippen LogP contribution in [0.4, 0.5) is 0 Å². The van der Waals surface area contributed by atoms with E-state index in [0.717, 1.165) is 10.9 Å². The number of ether oxygens (including phenoxy) is 1. The third-order valence-electron chi connectivity index (χ3n) is 3.39. The highest BCUT2D eigenvalue weighted by atomic mass is 16.5. The molecule has 98 valence electrons. The highest BCUT2D eigenvalue weighted by Crippen LogP contribution is 2.25. The Kier molecular flexibility index (Phi) is 3.07. The van der Waals surface area contributed by atoms with Gasteiger partial charge in [0.15, 0.2) is 0 Å². The first-order chi connectivity index (χ1) is 8.90. The highest BCUT2D eigenvalue weighted by Gasteiger charge is 2.24. The van der Waals surface area contributed by atoms with Gasteiger partial charge in [-0.2, -0.15) is 5.26 Å². The van der Waals surface area contributed by atoms with Crippen LogP contribution in [0.15, 0.2) is 29.1 Å². The van der Waals surface area contributed by atoms with E-state index in [9.17, 15) is 10.1 Å². The Morgan fingerprint density at radius 2 is 2.00 bits per heavy atom. The molecule has 1 aromatic heterocycles. The first-order valence-corrected chi connectivity index (χ1v) is 6.00. The number of hydrogen-bond acceptors (Lipinski definition) is 3. The molecule has 0 unspecified atom stereocenters. The van der Waals surface area contributed by atoms with Gasteiger partial charge < -0.3 is 9.30 Å². The quantitative estimate of drug-likeness (QED) is 0.828. The second kappa shape index (κ2) is 4.43. The molecule has 0 atom stereocenters. The fraction of sp³-hybridized carbons (Fsp3) is 0.333. The van der Waals surface area contributed by atoms with E-state index in [2.05, 4.69) is 6.07 Å². The minimum Gasteiger partial charge on any atom is -0.497 e. The summed E-state index contributed by atoms with van der Waals surface area (Å²) in [5, 5.41) is 10.1. The van der Waals surface area contributed by atoms with E-state index in [1.54, 1.807) is 38.6 Å². The summed E-state index contributed by atoms with van der Waals surface area (Å²) < 4.78 is 6.73. The van der Waals surface area contributed by atoms with Crippen LogP contribution >= 0.6 is 0 Å². The molecule has 0 radical (unpaired) electrons. The van der Waals surface area contributed by atoms with E-state index in [1.807, 2.05) is 18.2 Å². The normalized spacial score (nSPS) is 11.3. The maximum Gasteiger partial charge on any atom is 0.255 e. The molecular weight excluding hydrogens is 240 g/mol. The van der Waals surface area contributed by atoms with Gasteiger partial charge in [0.1, 0.15) is 5.75 Å². The second-order valence-electron chi connectivity index (χ2n) is 5.08. The molecule has 0 fully saturated rings. The average molecular weight is 256 g/mol. The van der Waals surface area contributed by atoms with Crippen LogP contribution in [0.3, 0.4) is 0 Å². The number of pyridine rings is 1. The Morgan fingerprint density at radius 1 is 1.32 bits per heavy atom. The van der Waals surface area contributed by atoms with Crippen molar-refractivity contribution in [3.8, 4) is 11.8 Å². The molecule has 0 saturated heterocycles. The van der Waals surface area contributed by atoms with Crippen molar-refractivity contribution in [1.82, 2.24) is 4.57 Å². The van der Waals surface area contributed by atoms with Crippen LogP contribution in [0.1, 0.15) is 19.4 Å². The molecule has 2 aromatic rings. The zero-order valence-electron chi connectivity index (χ0n) is 11.5. The number of rotatable bonds is 2. The molecule has 19 heavy (non-hydrogen) atoms. The molecule has 4 heteroatoms. The Labute approximate surface area is 111 Å². The molecule has 0 bridgehead atoms. The lowest BCUT2D eigenvalue weighted by atomic mass is 9.86. The molecule has 0 aliphatic carbocycles. The molecule has 1 aromatic carbocycles. The van der Waals surface area contributed by atoms with Gasteiger partial charge >= 0.3 is 0 Å². The van der Waals surface area contributed by atoms with Crippen LogP contribution in [0.2, 0.25) is 0 Å². The largest absolute Gasteiger partial charge is 0.497 e. The number of nitrogens with zero attached hydrogens (tertiary/aromatic N) is 2. The molecule has 0 aliphatic rings. The number of nitriles is 1. The summed E-state index contributed by atoms with van der Waals surface area (Å²) >= 11 is 0. The summed E-state index contributed by atoms with van der Waals surface area (Å²) in [4.78, 5) is 12.4. The maximum atomic E-state index is 12.4. The minimum absolute atomic E-state index is 0.146. The van der Waals surface area contributed by atoms with Gasteiger partial charge in [-0.25, -0.2) is 0 Å². The fourth-order valence-corrected chi connectivity index (χ4v) is 2.08. The Morgan fingerprint density at radius 3 is 2.58 bits per heavy atom. The van der Waals surface area contributed by atoms with E-state index in [0.29, 0.717) is 11.3 Å². The van der Waals surface area contributed by atoms with Crippen molar-refractivity contribution >= 4 is 10.9 Å². The third-order valence-corrected chi connectivity index (χ3v) is 3.39. The van der Waals surface area contributed by atoms with Crippen LogP contribution in [0.25, 0.3) is 10.9 Å². The van der Waals surface area contributed by atoms with Crippen molar-refractivity contribution in [1.29, 1.82) is 5.26 Å². The zero-order chi connectivity index (χ0) is 14.2. The fourth-order valence-electron chi connectivity index (χ4n) is 2.08. The number of aryl methyl sites for hydroxylation is 1. The third kappa shape index (κ3) is 2.08. The predicted octanol–water partition coefficient (Wildman–Crippen LogP) is 2.35. The molecule has 1 heterocycles. The SMILES string of the molecule is COc1ccc2cc(C(C)(C)C#N)c(=O)n(C)c2c1. The number of hydrogen-bond donors (Lipinski definition) is 0. The predicted molar refractivity (Wildman–Crippen MR) is 74.4 cm³/mol. The molecule has 0 spiro atoms. The average Bonchev–Trinajstić information content (AvgIpc) is 2.42. The smallest absolute Gasteiger partial charge is 0.255 e. The van der Waals surface area contributed by atoms with E-state index in [1.165, 1.54) is 0 Å². The highest BCUT2D eigenvalue weighted by molar-refractivity contribution is 5.81. The number of fused-ring (bicyclic) bond motifs is 1. The summed E-state index contributed by atoms with van der Waals surface area (Å²) in [5.41, 5.74) is 0.354. The summed E-state index contributed by atoms with van der Waals surface area (Å²) in [7, 11) is 3.30. The van der Waals surface area contributed by atoms with Crippen molar-refractivity contribution in [3.05, 3.63) is 40.2 Å². The van der Waals surface area contributed by atoms with E-state index < -0.39 is 5.41 Å². The monoisotopic (exact) mass is 256 g/mol. The van der Waals surface area contributed by atoms with E-state index in [4.69, 9.17) is 4.74 Å². The van der Waals surface area contributed by atoms with Crippen molar-refractivity contribution in [2.45, 2.75) is 19.3 Å². The minimum atomic E-state index is -0.803. The van der Waals surface area contributed by atoms with Crippen molar-refractivity contribution in [3.63, 3.8) is 0 Å². The van der Waals surface area contributed by atoms with Crippen LogP contribution in [-0.2, 0) is 12.5 Å². The lowest BCUT2D eigenvalue weighted by molar-refractivity contribution is 0.415. The Hall–Kier alpha value is -2.28. The second-order valence-corrected chi connectivity index (χ2v) is 5.08.